The van der Waals surface area contributed by atoms with Crippen LogP contribution in [0.1, 0.15) is 11.1 Å². The molecule has 0 radical (unpaired) electrons. The van der Waals surface area contributed by atoms with Crippen LogP contribution in [0, 0.1) is 6.92 Å². The van der Waals surface area contributed by atoms with Crippen LogP contribution in [0.4, 0.5) is 5.69 Å². The molecule has 1 N–H and O–H groups in total. The van der Waals surface area contributed by atoms with Gasteiger partial charge < -0.3 is 10.1 Å². The van der Waals surface area contributed by atoms with Crippen molar-refractivity contribution in [3.05, 3.63) is 92.8 Å². The van der Waals surface area contributed by atoms with Gasteiger partial charge in [0.2, 0.25) is 5.91 Å². The first kappa shape index (κ1) is 19.2. The van der Waals surface area contributed by atoms with Crippen LogP contribution in [-0.4, -0.2) is 22.2 Å². The maximum atomic E-state index is 12.7. The lowest BCUT2D eigenvalue weighted by Gasteiger charge is -2.11. The molecule has 144 valence electrons. The van der Waals surface area contributed by atoms with Gasteiger partial charge in [0.1, 0.15) is 12.3 Å². The van der Waals surface area contributed by atoms with Crippen LogP contribution < -0.4 is 21.3 Å². The first-order chi connectivity index (χ1) is 13.5. The van der Waals surface area contributed by atoms with Gasteiger partial charge in [-0.3, -0.25) is 18.7 Å². The highest BCUT2D eigenvalue weighted by Gasteiger charge is 2.11. The normalized spacial score (nSPS) is 10.5. The zero-order chi connectivity index (χ0) is 20.1. The van der Waals surface area contributed by atoms with E-state index in [-0.39, 0.29) is 6.54 Å². The number of aryl methyl sites for hydroxylation is 1. The lowest BCUT2D eigenvalue weighted by molar-refractivity contribution is -0.116. The van der Waals surface area contributed by atoms with Gasteiger partial charge in [-0.25, -0.2) is 4.79 Å². The minimum absolute atomic E-state index is 0.316. The largest absolute Gasteiger partial charge is 0.497 e. The number of anilines is 1. The van der Waals surface area contributed by atoms with E-state index in [9.17, 15) is 14.4 Å². The van der Waals surface area contributed by atoms with Crippen LogP contribution in [0.2, 0.25) is 0 Å². The predicted octanol–water partition coefficient (Wildman–Crippen LogP) is 2.01. The van der Waals surface area contributed by atoms with Gasteiger partial charge in [-0.1, -0.05) is 35.9 Å². The van der Waals surface area contributed by atoms with E-state index in [1.54, 1.807) is 24.3 Å². The molecule has 0 aliphatic rings. The maximum absolute atomic E-state index is 12.7. The highest BCUT2D eigenvalue weighted by atomic mass is 16.5. The number of rotatable bonds is 6. The minimum atomic E-state index is -0.533. The number of nitrogens with one attached hydrogen (secondary N) is 1. The van der Waals surface area contributed by atoms with E-state index in [4.69, 9.17) is 4.74 Å². The molecule has 0 aliphatic heterocycles. The Morgan fingerprint density at radius 2 is 1.82 bits per heavy atom. The summed E-state index contributed by atoms with van der Waals surface area (Å²) < 4.78 is 7.44. The standard InChI is InChI=1S/C21H21N3O4/c1-15-6-8-16(9-7-15)13-23-11-10-20(26)24(21(23)27)14-19(25)22-17-4-3-5-18(12-17)28-2/h3-12H,13-14H2,1-2H3,(H,22,25). The second-order valence-corrected chi connectivity index (χ2v) is 6.42. The number of amides is 1. The van der Waals surface area contributed by atoms with Crippen molar-refractivity contribution in [1.82, 2.24) is 9.13 Å². The van der Waals surface area contributed by atoms with E-state index in [0.717, 1.165) is 15.7 Å². The molecule has 0 bridgehead atoms. The molecule has 1 heterocycles. The summed E-state index contributed by atoms with van der Waals surface area (Å²) in [7, 11) is 1.53. The molecule has 3 rings (SSSR count). The molecule has 7 heteroatoms. The fraction of sp³-hybridized carbons (Fsp3) is 0.190. The average molecular weight is 379 g/mol. The van der Waals surface area contributed by atoms with Gasteiger partial charge >= 0.3 is 5.69 Å². The topological polar surface area (TPSA) is 82.3 Å². The lowest BCUT2D eigenvalue weighted by atomic mass is 10.1. The molecule has 28 heavy (non-hydrogen) atoms. The van der Waals surface area contributed by atoms with E-state index >= 15 is 0 Å². The molecule has 7 nitrogen and oxygen atoms in total. The van der Waals surface area contributed by atoms with Gasteiger partial charge in [-0.15, -0.1) is 0 Å². The molecular formula is C21H21N3O4. The lowest BCUT2D eigenvalue weighted by Crippen LogP contribution is -2.41. The molecule has 0 spiro atoms. The second kappa shape index (κ2) is 8.39. The summed E-state index contributed by atoms with van der Waals surface area (Å²) in [6, 6.07) is 15.9. The number of aromatic nitrogens is 2. The molecule has 0 aliphatic carbocycles. The highest BCUT2D eigenvalue weighted by Crippen LogP contribution is 2.16. The monoisotopic (exact) mass is 379 g/mol. The number of nitrogens with zero attached hydrogens (tertiary/aromatic N) is 2. The van der Waals surface area contributed by atoms with Gasteiger partial charge in [0.15, 0.2) is 0 Å². The molecule has 1 aromatic heterocycles. The van der Waals surface area contributed by atoms with E-state index in [1.165, 1.54) is 23.9 Å². The third-order valence-electron chi connectivity index (χ3n) is 4.27. The van der Waals surface area contributed by atoms with E-state index in [2.05, 4.69) is 5.32 Å². The molecule has 0 unspecified atom stereocenters. The summed E-state index contributed by atoms with van der Waals surface area (Å²) in [5.41, 5.74) is 1.52. The van der Waals surface area contributed by atoms with Crippen LogP contribution in [-0.2, 0) is 17.9 Å². The van der Waals surface area contributed by atoms with E-state index in [0.29, 0.717) is 18.0 Å². The van der Waals surface area contributed by atoms with Crippen molar-refractivity contribution in [3.8, 4) is 5.75 Å². The predicted molar refractivity (Wildman–Crippen MR) is 107 cm³/mol. The van der Waals surface area contributed by atoms with Crippen molar-refractivity contribution in [3.63, 3.8) is 0 Å². The van der Waals surface area contributed by atoms with Gasteiger partial charge in [0, 0.05) is 24.0 Å². The quantitative estimate of drug-likeness (QED) is 0.710. The van der Waals surface area contributed by atoms with E-state index < -0.39 is 17.2 Å². The molecule has 0 atom stereocenters. The first-order valence-electron chi connectivity index (χ1n) is 8.76. The fourth-order valence-electron chi connectivity index (χ4n) is 2.76. The first-order valence-corrected chi connectivity index (χ1v) is 8.76. The molecular weight excluding hydrogens is 358 g/mol. The fourth-order valence-corrected chi connectivity index (χ4v) is 2.76. The van der Waals surface area contributed by atoms with Crippen LogP contribution >= 0.6 is 0 Å². The Balaban J connectivity index is 1.79. The number of carbonyl (C=O) groups excluding carboxylic acids is 1. The summed E-state index contributed by atoms with van der Waals surface area (Å²) in [5, 5.41) is 2.67. The Morgan fingerprint density at radius 1 is 1.07 bits per heavy atom. The third-order valence-corrected chi connectivity index (χ3v) is 4.27. The summed E-state index contributed by atoms with van der Waals surface area (Å²) >= 11 is 0. The van der Waals surface area contributed by atoms with Crippen molar-refractivity contribution >= 4 is 11.6 Å². The molecule has 3 aromatic rings. The minimum Gasteiger partial charge on any atom is -0.497 e. The smallest absolute Gasteiger partial charge is 0.331 e. The van der Waals surface area contributed by atoms with Gasteiger partial charge in [0.25, 0.3) is 5.56 Å². The van der Waals surface area contributed by atoms with Crippen LogP contribution in [0.15, 0.2) is 70.4 Å². The van der Waals surface area contributed by atoms with Crippen molar-refractivity contribution in [1.29, 1.82) is 0 Å². The SMILES string of the molecule is COc1cccc(NC(=O)Cn2c(=O)ccn(Cc3ccc(C)cc3)c2=O)c1. The zero-order valence-corrected chi connectivity index (χ0v) is 15.7. The highest BCUT2D eigenvalue weighted by molar-refractivity contribution is 5.90. The molecule has 0 saturated carbocycles. The number of hydrogen-bond donors (Lipinski definition) is 1. The Hall–Kier alpha value is -3.61. The second-order valence-electron chi connectivity index (χ2n) is 6.42. The Morgan fingerprint density at radius 3 is 2.54 bits per heavy atom. The van der Waals surface area contributed by atoms with E-state index in [1.807, 2.05) is 31.2 Å². The van der Waals surface area contributed by atoms with Crippen molar-refractivity contribution < 1.29 is 9.53 Å². The number of carbonyl (C=O) groups is 1. The number of hydrogen-bond acceptors (Lipinski definition) is 4. The molecule has 0 fully saturated rings. The number of benzene rings is 2. The third kappa shape index (κ3) is 4.56. The summed E-state index contributed by atoms with van der Waals surface area (Å²) in [4.78, 5) is 37.1. The number of ether oxygens (including phenoxy) is 1. The van der Waals surface area contributed by atoms with Crippen molar-refractivity contribution in [2.75, 3.05) is 12.4 Å². The van der Waals surface area contributed by atoms with Crippen LogP contribution in [0.3, 0.4) is 0 Å². The Bertz CT molecular complexity index is 1100. The molecule has 0 saturated heterocycles. The maximum Gasteiger partial charge on any atom is 0.331 e. The summed E-state index contributed by atoms with van der Waals surface area (Å²) in [6.45, 7) is 1.93. The van der Waals surface area contributed by atoms with Gasteiger partial charge in [-0.05, 0) is 24.6 Å². The van der Waals surface area contributed by atoms with Crippen LogP contribution in [0.25, 0.3) is 0 Å². The molecule has 2 aromatic carbocycles. The Labute approximate surface area is 161 Å². The Kier molecular flexibility index (Phi) is 5.74. The van der Waals surface area contributed by atoms with Crippen molar-refractivity contribution in [2.24, 2.45) is 0 Å². The van der Waals surface area contributed by atoms with Crippen molar-refractivity contribution in [2.45, 2.75) is 20.0 Å². The zero-order valence-electron chi connectivity index (χ0n) is 15.7. The summed E-state index contributed by atoms with van der Waals surface area (Å²) in [6.07, 6.45) is 1.45. The van der Waals surface area contributed by atoms with Gasteiger partial charge in [-0.2, -0.15) is 0 Å². The summed E-state index contributed by atoms with van der Waals surface area (Å²) in [5.74, 6) is 0.121. The van der Waals surface area contributed by atoms with Gasteiger partial charge in [0.05, 0.1) is 13.7 Å². The van der Waals surface area contributed by atoms with Crippen LogP contribution in [0.5, 0.6) is 5.75 Å². The average Bonchev–Trinajstić information content (AvgIpc) is 2.69. The number of methoxy groups -OCH3 is 1. The molecule has 1 amide bonds.